The SMILES string of the molecule is [B]C(C)(C)c1cccc(NC(=O)c2cccc(C(=O)NC(C)(C)C)c2)c1. The molecule has 2 radical (unpaired) electrons. The van der Waals surface area contributed by atoms with E-state index in [1.807, 2.05) is 58.9 Å². The highest BCUT2D eigenvalue weighted by molar-refractivity contribution is 6.15. The molecule has 26 heavy (non-hydrogen) atoms. The third-order valence-corrected chi connectivity index (χ3v) is 3.74. The Labute approximate surface area is 156 Å². The molecule has 0 spiro atoms. The van der Waals surface area contributed by atoms with Crippen molar-refractivity contribution in [3.05, 3.63) is 65.2 Å². The molecule has 0 aliphatic heterocycles. The van der Waals surface area contributed by atoms with E-state index in [9.17, 15) is 9.59 Å². The molecule has 0 heterocycles. The maximum atomic E-state index is 12.6. The van der Waals surface area contributed by atoms with Crippen molar-refractivity contribution in [1.82, 2.24) is 5.32 Å². The van der Waals surface area contributed by atoms with E-state index in [2.05, 4.69) is 10.6 Å². The number of nitrogens with one attached hydrogen (secondary N) is 2. The predicted octanol–water partition coefficient (Wildman–Crippen LogP) is 3.87. The van der Waals surface area contributed by atoms with Gasteiger partial charge in [0, 0.05) is 22.4 Å². The molecule has 0 saturated carbocycles. The highest BCUT2D eigenvalue weighted by atomic mass is 16.2. The summed E-state index contributed by atoms with van der Waals surface area (Å²) in [4.78, 5) is 24.9. The van der Waals surface area contributed by atoms with Gasteiger partial charge in [0.15, 0.2) is 0 Å². The smallest absolute Gasteiger partial charge is 0.255 e. The summed E-state index contributed by atoms with van der Waals surface area (Å²) in [5.41, 5.74) is 2.11. The standard InChI is InChI=1S/C21H25BN2O2/c1-20(2,3)24-19(26)15-9-6-8-14(12-15)18(25)23-17-11-7-10-16(13-17)21(4,5)22/h6-13H,1-5H3,(H,23,25)(H,24,26). The Morgan fingerprint density at radius 3 is 2.00 bits per heavy atom. The van der Waals surface area contributed by atoms with Crippen molar-refractivity contribution in [2.24, 2.45) is 0 Å². The molecule has 2 N–H and O–H groups in total. The molecule has 0 bridgehead atoms. The molecule has 2 rings (SSSR count). The number of carbonyl (C=O) groups excluding carboxylic acids is 2. The Kier molecular flexibility index (Phi) is 5.60. The second-order valence-electron chi connectivity index (χ2n) is 8.04. The van der Waals surface area contributed by atoms with Crippen LogP contribution in [0.2, 0.25) is 0 Å². The van der Waals surface area contributed by atoms with Gasteiger partial charge in [-0.05, 0) is 62.0 Å². The quantitative estimate of drug-likeness (QED) is 0.824. The van der Waals surface area contributed by atoms with Gasteiger partial charge in [-0.2, -0.15) is 0 Å². The van der Waals surface area contributed by atoms with Gasteiger partial charge in [-0.15, -0.1) is 0 Å². The topological polar surface area (TPSA) is 58.2 Å². The van der Waals surface area contributed by atoms with Crippen LogP contribution in [0.15, 0.2) is 48.5 Å². The first-order chi connectivity index (χ1) is 12.0. The van der Waals surface area contributed by atoms with Crippen LogP contribution in [0, 0.1) is 0 Å². The highest BCUT2D eigenvalue weighted by Crippen LogP contribution is 2.22. The van der Waals surface area contributed by atoms with Crippen molar-refractivity contribution in [2.45, 2.75) is 45.5 Å². The van der Waals surface area contributed by atoms with Gasteiger partial charge >= 0.3 is 0 Å². The lowest BCUT2D eigenvalue weighted by atomic mass is 9.67. The van der Waals surface area contributed by atoms with E-state index in [0.29, 0.717) is 16.8 Å². The molecule has 0 aromatic heterocycles. The van der Waals surface area contributed by atoms with Crippen molar-refractivity contribution in [3.63, 3.8) is 0 Å². The van der Waals surface area contributed by atoms with Crippen LogP contribution in [0.3, 0.4) is 0 Å². The van der Waals surface area contributed by atoms with Crippen LogP contribution in [-0.2, 0) is 5.31 Å². The number of hydrogen-bond donors (Lipinski definition) is 2. The summed E-state index contributed by atoms with van der Waals surface area (Å²) in [6, 6.07) is 14.1. The summed E-state index contributed by atoms with van der Waals surface area (Å²) in [7, 11) is 6.11. The summed E-state index contributed by atoms with van der Waals surface area (Å²) in [6.45, 7) is 9.55. The lowest BCUT2D eigenvalue weighted by Crippen LogP contribution is -2.40. The van der Waals surface area contributed by atoms with E-state index in [1.165, 1.54) is 0 Å². The molecular formula is C21H25BN2O2. The third kappa shape index (κ3) is 5.48. The van der Waals surface area contributed by atoms with Gasteiger partial charge < -0.3 is 10.6 Å². The maximum Gasteiger partial charge on any atom is 0.255 e. The van der Waals surface area contributed by atoms with Crippen molar-refractivity contribution in [2.75, 3.05) is 5.32 Å². The highest BCUT2D eigenvalue weighted by Gasteiger charge is 2.17. The zero-order valence-corrected chi connectivity index (χ0v) is 16.0. The molecule has 4 nitrogen and oxygen atoms in total. The third-order valence-electron chi connectivity index (χ3n) is 3.74. The van der Waals surface area contributed by atoms with E-state index in [-0.39, 0.29) is 17.4 Å². The van der Waals surface area contributed by atoms with E-state index in [1.54, 1.807) is 24.3 Å². The van der Waals surface area contributed by atoms with Gasteiger partial charge in [0.2, 0.25) is 0 Å². The van der Waals surface area contributed by atoms with Crippen LogP contribution < -0.4 is 10.6 Å². The van der Waals surface area contributed by atoms with Crippen molar-refractivity contribution >= 4 is 25.3 Å². The van der Waals surface area contributed by atoms with Crippen LogP contribution in [0.1, 0.15) is 60.9 Å². The Morgan fingerprint density at radius 1 is 0.846 bits per heavy atom. The fourth-order valence-corrected chi connectivity index (χ4v) is 2.42. The Hall–Kier alpha value is -2.56. The summed E-state index contributed by atoms with van der Waals surface area (Å²) >= 11 is 0. The zero-order chi connectivity index (χ0) is 19.5. The molecule has 0 aliphatic carbocycles. The van der Waals surface area contributed by atoms with Crippen LogP contribution in [0.4, 0.5) is 5.69 Å². The summed E-state index contributed by atoms with van der Waals surface area (Å²) in [6.07, 6.45) is 0. The van der Waals surface area contributed by atoms with Gasteiger partial charge in [0.05, 0.1) is 7.85 Å². The Morgan fingerprint density at radius 2 is 1.42 bits per heavy atom. The van der Waals surface area contributed by atoms with Crippen molar-refractivity contribution in [1.29, 1.82) is 0 Å². The summed E-state index contributed by atoms with van der Waals surface area (Å²) in [5.74, 6) is -0.485. The maximum absolute atomic E-state index is 12.6. The van der Waals surface area contributed by atoms with Crippen molar-refractivity contribution in [3.8, 4) is 0 Å². The fourth-order valence-electron chi connectivity index (χ4n) is 2.42. The molecule has 2 aromatic carbocycles. The summed E-state index contributed by atoms with van der Waals surface area (Å²) in [5, 5.41) is 5.26. The molecule has 0 atom stereocenters. The molecule has 2 aromatic rings. The number of carbonyl (C=O) groups is 2. The van der Waals surface area contributed by atoms with Crippen LogP contribution in [0.5, 0.6) is 0 Å². The lowest BCUT2D eigenvalue weighted by Gasteiger charge is -2.21. The lowest BCUT2D eigenvalue weighted by molar-refractivity contribution is 0.0919. The molecule has 134 valence electrons. The predicted molar refractivity (Wildman–Crippen MR) is 107 cm³/mol. The number of benzene rings is 2. The van der Waals surface area contributed by atoms with E-state index >= 15 is 0 Å². The molecular weight excluding hydrogens is 323 g/mol. The molecule has 0 saturated heterocycles. The fraction of sp³-hybridized carbons (Fsp3) is 0.333. The van der Waals surface area contributed by atoms with E-state index in [4.69, 9.17) is 7.85 Å². The second-order valence-corrected chi connectivity index (χ2v) is 8.04. The minimum atomic E-state index is -0.494. The van der Waals surface area contributed by atoms with E-state index in [0.717, 1.165) is 5.56 Å². The normalized spacial score (nSPS) is 11.7. The van der Waals surface area contributed by atoms with Crippen LogP contribution >= 0.6 is 0 Å². The number of amides is 2. The van der Waals surface area contributed by atoms with Crippen LogP contribution in [-0.4, -0.2) is 25.2 Å². The summed E-state index contributed by atoms with van der Waals surface area (Å²) < 4.78 is 0. The Balaban J connectivity index is 2.18. The first-order valence-electron chi connectivity index (χ1n) is 8.59. The first kappa shape index (κ1) is 19.8. The first-order valence-corrected chi connectivity index (χ1v) is 8.59. The largest absolute Gasteiger partial charge is 0.347 e. The molecule has 5 heteroatoms. The average Bonchev–Trinajstić information content (AvgIpc) is 2.53. The van der Waals surface area contributed by atoms with Gasteiger partial charge in [-0.3, -0.25) is 9.59 Å². The van der Waals surface area contributed by atoms with Gasteiger partial charge in [-0.1, -0.05) is 32.0 Å². The van der Waals surface area contributed by atoms with Crippen molar-refractivity contribution < 1.29 is 9.59 Å². The van der Waals surface area contributed by atoms with Gasteiger partial charge in [0.25, 0.3) is 11.8 Å². The van der Waals surface area contributed by atoms with E-state index < -0.39 is 5.31 Å². The van der Waals surface area contributed by atoms with Crippen LogP contribution in [0.25, 0.3) is 0 Å². The average molecular weight is 348 g/mol. The molecule has 0 aliphatic rings. The number of anilines is 1. The number of hydrogen-bond acceptors (Lipinski definition) is 2. The second kappa shape index (κ2) is 7.36. The number of rotatable bonds is 4. The minimum absolute atomic E-state index is 0.209. The monoisotopic (exact) mass is 348 g/mol. The van der Waals surface area contributed by atoms with Gasteiger partial charge in [0.1, 0.15) is 0 Å². The molecule has 0 fully saturated rings. The Bertz CT molecular complexity index is 817. The molecule has 2 amide bonds. The minimum Gasteiger partial charge on any atom is -0.347 e. The molecule has 0 unspecified atom stereocenters. The zero-order valence-electron chi connectivity index (χ0n) is 16.0. The van der Waals surface area contributed by atoms with Gasteiger partial charge in [-0.25, -0.2) is 0 Å².